The SMILES string of the molecule is CCC(C)CN(C)c1ccc(CCN)cc1Br. The molecule has 0 aliphatic rings. The molecule has 0 saturated heterocycles. The number of halogens is 1. The summed E-state index contributed by atoms with van der Waals surface area (Å²) in [5, 5.41) is 0. The van der Waals surface area contributed by atoms with Crippen LogP contribution in [0.5, 0.6) is 0 Å². The molecule has 96 valence electrons. The van der Waals surface area contributed by atoms with Crippen molar-refractivity contribution >= 4 is 21.6 Å². The summed E-state index contributed by atoms with van der Waals surface area (Å²) in [6.45, 7) is 6.31. The van der Waals surface area contributed by atoms with Gasteiger partial charge in [0.15, 0.2) is 0 Å². The van der Waals surface area contributed by atoms with E-state index in [-0.39, 0.29) is 0 Å². The van der Waals surface area contributed by atoms with Gasteiger partial charge in [0, 0.05) is 18.1 Å². The molecule has 3 heteroatoms. The molecule has 0 aromatic heterocycles. The van der Waals surface area contributed by atoms with Gasteiger partial charge in [-0.2, -0.15) is 0 Å². The highest BCUT2D eigenvalue weighted by Gasteiger charge is 2.09. The van der Waals surface area contributed by atoms with Crippen molar-refractivity contribution in [3.05, 3.63) is 28.2 Å². The van der Waals surface area contributed by atoms with E-state index in [0.29, 0.717) is 6.54 Å². The Bertz CT molecular complexity index is 352. The van der Waals surface area contributed by atoms with Gasteiger partial charge in [0.2, 0.25) is 0 Å². The molecule has 0 heterocycles. The number of rotatable bonds is 6. The first-order chi connectivity index (χ1) is 8.08. The van der Waals surface area contributed by atoms with Crippen molar-refractivity contribution in [1.29, 1.82) is 0 Å². The predicted octanol–water partition coefficient (Wildman–Crippen LogP) is 3.43. The van der Waals surface area contributed by atoms with Crippen molar-refractivity contribution in [2.45, 2.75) is 26.7 Å². The Hall–Kier alpha value is -0.540. The van der Waals surface area contributed by atoms with Gasteiger partial charge < -0.3 is 10.6 Å². The van der Waals surface area contributed by atoms with E-state index in [2.05, 4.69) is 59.9 Å². The molecule has 0 radical (unpaired) electrons. The fourth-order valence-corrected chi connectivity index (χ4v) is 2.61. The zero-order valence-electron chi connectivity index (χ0n) is 11.0. The molecule has 1 unspecified atom stereocenters. The maximum atomic E-state index is 5.57. The quantitative estimate of drug-likeness (QED) is 0.872. The Balaban J connectivity index is 2.77. The van der Waals surface area contributed by atoms with Crippen LogP contribution in [0.2, 0.25) is 0 Å². The normalized spacial score (nSPS) is 12.5. The standard InChI is InChI=1S/C14H23BrN2/c1-4-11(2)10-17(3)14-6-5-12(7-8-16)9-13(14)15/h5-6,9,11H,4,7-8,10,16H2,1-3H3. The van der Waals surface area contributed by atoms with Gasteiger partial charge in [0.25, 0.3) is 0 Å². The molecule has 2 N–H and O–H groups in total. The van der Waals surface area contributed by atoms with E-state index in [1.165, 1.54) is 17.7 Å². The maximum absolute atomic E-state index is 5.57. The molecule has 0 spiro atoms. The van der Waals surface area contributed by atoms with Crippen LogP contribution in [0.3, 0.4) is 0 Å². The fraction of sp³-hybridized carbons (Fsp3) is 0.571. The zero-order valence-corrected chi connectivity index (χ0v) is 12.6. The summed E-state index contributed by atoms with van der Waals surface area (Å²) in [6, 6.07) is 6.52. The number of nitrogens with two attached hydrogens (primary N) is 1. The van der Waals surface area contributed by atoms with E-state index in [9.17, 15) is 0 Å². The minimum atomic E-state index is 0.703. The van der Waals surface area contributed by atoms with Crippen molar-refractivity contribution in [3.8, 4) is 0 Å². The summed E-state index contributed by atoms with van der Waals surface area (Å²) in [5.41, 5.74) is 8.11. The molecule has 2 nitrogen and oxygen atoms in total. The van der Waals surface area contributed by atoms with E-state index in [1.807, 2.05) is 0 Å². The van der Waals surface area contributed by atoms with Gasteiger partial charge in [0.1, 0.15) is 0 Å². The highest BCUT2D eigenvalue weighted by Crippen LogP contribution is 2.27. The molecule has 0 amide bonds. The van der Waals surface area contributed by atoms with Crippen molar-refractivity contribution < 1.29 is 0 Å². The van der Waals surface area contributed by atoms with Crippen LogP contribution in [0.1, 0.15) is 25.8 Å². The molecule has 1 rings (SSSR count). The molecule has 0 saturated carbocycles. The summed E-state index contributed by atoms with van der Waals surface area (Å²) < 4.78 is 1.16. The maximum Gasteiger partial charge on any atom is 0.0508 e. The number of hydrogen-bond donors (Lipinski definition) is 1. The highest BCUT2D eigenvalue weighted by molar-refractivity contribution is 9.10. The Morgan fingerprint density at radius 1 is 1.41 bits per heavy atom. The largest absolute Gasteiger partial charge is 0.373 e. The van der Waals surface area contributed by atoms with Crippen LogP contribution < -0.4 is 10.6 Å². The lowest BCUT2D eigenvalue weighted by Crippen LogP contribution is -2.23. The second kappa shape index (κ2) is 7.02. The highest BCUT2D eigenvalue weighted by atomic mass is 79.9. The first-order valence-corrected chi connectivity index (χ1v) is 7.07. The summed E-state index contributed by atoms with van der Waals surface area (Å²) in [4.78, 5) is 2.31. The minimum Gasteiger partial charge on any atom is -0.373 e. The smallest absolute Gasteiger partial charge is 0.0508 e. The first-order valence-electron chi connectivity index (χ1n) is 6.28. The van der Waals surface area contributed by atoms with E-state index in [1.54, 1.807) is 0 Å². The third-order valence-electron chi connectivity index (χ3n) is 3.14. The third kappa shape index (κ3) is 4.32. The molecule has 1 aromatic carbocycles. The summed E-state index contributed by atoms with van der Waals surface area (Å²) in [6.07, 6.45) is 2.15. The first kappa shape index (κ1) is 14.5. The Kier molecular flexibility index (Phi) is 6.00. The summed E-state index contributed by atoms with van der Waals surface area (Å²) >= 11 is 3.65. The topological polar surface area (TPSA) is 29.3 Å². The second-order valence-corrected chi connectivity index (χ2v) is 5.57. The minimum absolute atomic E-state index is 0.703. The van der Waals surface area contributed by atoms with E-state index < -0.39 is 0 Å². The monoisotopic (exact) mass is 298 g/mol. The van der Waals surface area contributed by atoms with Gasteiger partial charge in [-0.1, -0.05) is 26.3 Å². The van der Waals surface area contributed by atoms with Gasteiger partial charge in [-0.05, 0) is 52.5 Å². The van der Waals surface area contributed by atoms with Gasteiger partial charge in [-0.15, -0.1) is 0 Å². The van der Waals surface area contributed by atoms with Crippen LogP contribution in [-0.4, -0.2) is 20.1 Å². The van der Waals surface area contributed by atoms with Crippen molar-refractivity contribution in [2.75, 3.05) is 25.0 Å². The number of benzene rings is 1. The lowest BCUT2D eigenvalue weighted by molar-refractivity contribution is 0.559. The van der Waals surface area contributed by atoms with E-state index in [4.69, 9.17) is 5.73 Å². The summed E-state index contributed by atoms with van der Waals surface area (Å²) in [5.74, 6) is 0.718. The Morgan fingerprint density at radius 3 is 2.65 bits per heavy atom. The number of anilines is 1. The van der Waals surface area contributed by atoms with Crippen molar-refractivity contribution in [2.24, 2.45) is 11.7 Å². The fourth-order valence-electron chi connectivity index (χ4n) is 1.88. The zero-order chi connectivity index (χ0) is 12.8. The van der Waals surface area contributed by atoms with Crippen molar-refractivity contribution in [3.63, 3.8) is 0 Å². The van der Waals surface area contributed by atoms with Gasteiger partial charge in [0.05, 0.1) is 5.69 Å². The number of hydrogen-bond acceptors (Lipinski definition) is 2. The van der Waals surface area contributed by atoms with Crippen LogP contribution in [0.25, 0.3) is 0 Å². The predicted molar refractivity (Wildman–Crippen MR) is 79.6 cm³/mol. The number of nitrogens with zero attached hydrogens (tertiary/aromatic N) is 1. The van der Waals surface area contributed by atoms with Gasteiger partial charge in [-0.25, -0.2) is 0 Å². The molecular weight excluding hydrogens is 276 g/mol. The molecule has 0 aliphatic carbocycles. The van der Waals surface area contributed by atoms with Gasteiger partial charge in [-0.3, -0.25) is 0 Å². The van der Waals surface area contributed by atoms with E-state index in [0.717, 1.165) is 23.4 Å². The van der Waals surface area contributed by atoms with Gasteiger partial charge >= 0.3 is 0 Å². The average molecular weight is 299 g/mol. The Labute approximate surface area is 113 Å². The van der Waals surface area contributed by atoms with Crippen LogP contribution in [0, 0.1) is 5.92 Å². The lowest BCUT2D eigenvalue weighted by Gasteiger charge is -2.24. The molecule has 1 aromatic rings. The molecule has 0 fully saturated rings. The van der Waals surface area contributed by atoms with Crippen LogP contribution in [0.4, 0.5) is 5.69 Å². The van der Waals surface area contributed by atoms with E-state index >= 15 is 0 Å². The molecule has 0 bridgehead atoms. The van der Waals surface area contributed by atoms with Crippen LogP contribution in [0.15, 0.2) is 22.7 Å². The average Bonchev–Trinajstić information content (AvgIpc) is 2.29. The second-order valence-electron chi connectivity index (χ2n) is 4.72. The summed E-state index contributed by atoms with van der Waals surface area (Å²) in [7, 11) is 2.15. The van der Waals surface area contributed by atoms with Crippen LogP contribution in [-0.2, 0) is 6.42 Å². The lowest BCUT2D eigenvalue weighted by atomic mass is 10.1. The third-order valence-corrected chi connectivity index (χ3v) is 3.77. The van der Waals surface area contributed by atoms with Crippen molar-refractivity contribution in [1.82, 2.24) is 0 Å². The Morgan fingerprint density at radius 2 is 2.12 bits per heavy atom. The molecular formula is C14H23BrN2. The molecule has 17 heavy (non-hydrogen) atoms. The molecule has 1 atom stereocenters. The molecule has 0 aliphatic heterocycles. The van der Waals surface area contributed by atoms with Crippen LogP contribution >= 0.6 is 15.9 Å².